The van der Waals surface area contributed by atoms with Crippen molar-refractivity contribution in [2.24, 2.45) is 17.8 Å². The first kappa shape index (κ1) is 31.4. The molecule has 1 spiro atoms. The first-order valence-electron chi connectivity index (χ1n) is 14.8. The highest BCUT2D eigenvalue weighted by molar-refractivity contribution is 8.02. The lowest BCUT2D eigenvalue weighted by Gasteiger charge is -2.42. The van der Waals surface area contributed by atoms with Crippen molar-refractivity contribution in [2.75, 3.05) is 31.6 Å². The molecule has 2 bridgehead atoms. The van der Waals surface area contributed by atoms with Gasteiger partial charge in [-0.3, -0.25) is 14.4 Å². The van der Waals surface area contributed by atoms with Gasteiger partial charge in [0.15, 0.2) is 0 Å². The van der Waals surface area contributed by atoms with E-state index in [-0.39, 0.29) is 42.0 Å². The summed E-state index contributed by atoms with van der Waals surface area (Å²) in [5.74, 6) is -1.89. The Morgan fingerprint density at radius 1 is 1.14 bits per heavy atom. The van der Waals surface area contributed by atoms with E-state index < -0.39 is 28.7 Å². The Bertz CT molecular complexity index is 1400. The van der Waals surface area contributed by atoms with Crippen molar-refractivity contribution in [3.63, 3.8) is 0 Å². The summed E-state index contributed by atoms with van der Waals surface area (Å²) in [5.41, 5.74) is 2.35. The van der Waals surface area contributed by atoms with E-state index in [9.17, 15) is 14.7 Å². The lowest BCUT2D eigenvalue weighted by atomic mass is 9.65. The van der Waals surface area contributed by atoms with Gasteiger partial charge in [0.05, 0.1) is 39.9 Å². The highest BCUT2D eigenvalue weighted by Gasteiger charge is 2.77. The normalized spacial score (nSPS) is 28.0. The Kier molecular flexibility index (Phi) is 9.12. The molecule has 3 unspecified atom stereocenters. The molecule has 9 heteroatoms. The van der Waals surface area contributed by atoms with Crippen molar-refractivity contribution < 1.29 is 19.5 Å². The Morgan fingerprint density at radius 3 is 2.47 bits per heavy atom. The van der Waals surface area contributed by atoms with Crippen LogP contribution in [0.2, 0.25) is 5.02 Å². The third kappa shape index (κ3) is 5.11. The smallest absolute Gasteiger partial charge is 0.251 e. The van der Waals surface area contributed by atoms with Crippen LogP contribution in [0.4, 0.5) is 5.69 Å². The van der Waals surface area contributed by atoms with Gasteiger partial charge in [-0.05, 0) is 42.9 Å². The number of para-hydroxylation sites is 1. The molecule has 2 aromatic carbocycles. The zero-order valence-electron chi connectivity index (χ0n) is 25.0. The molecule has 0 radical (unpaired) electrons. The van der Waals surface area contributed by atoms with Crippen LogP contribution in [-0.4, -0.2) is 81.5 Å². The number of anilines is 1. The minimum absolute atomic E-state index is 0.0156. The van der Waals surface area contributed by atoms with Gasteiger partial charge in [0.1, 0.15) is 6.04 Å². The second kappa shape index (κ2) is 12.5. The number of nitrogens with zero attached hydrogens (tertiary/aromatic N) is 3. The molecule has 7 atom stereocenters. The Labute approximate surface area is 263 Å². The van der Waals surface area contributed by atoms with E-state index in [1.165, 1.54) is 0 Å². The molecule has 0 saturated carbocycles. The molecule has 0 aliphatic carbocycles. The molecule has 3 fully saturated rings. The number of hydrogen-bond acceptors (Lipinski definition) is 5. The first-order valence-corrected chi connectivity index (χ1v) is 16.1. The third-order valence-electron chi connectivity index (χ3n) is 9.44. The molecule has 7 nitrogen and oxygen atoms in total. The van der Waals surface area contributed by atoms with Crippen molar-refractivity contribution in [3.8, 4) is 0 Å². The van der Waals surface area contributed by atoms with Gasteiger partial charge in [-0.25, -0.2) is 0 Å². The van der Waals surface area contributed by atoms with E-state index in [0.717, 1.165) is 17.5 Å². The summed E-state index contributed by atoms with van der Waals surface area (Å²) in [6.07, 6.45) is 4.43. The van der Waals surface area contributed by atoms with Gasteiger partial charge in [0, 0.05) is 25.4 Å². The van der Waals surface area contributed by atoms with Crippen LogP contribution in [0, 0.1) is 24.7 Å². The van der Waals surface area contributed by atoms with E-state index >= 15 is 4.79 Å². The largest absolute Gasteiger partial charge is 0.394 e. The SMILES string of the molecule is C=CCN(C)C(=O)[C@@H]1[C@H]2C(=O)N([C@@H](CO)Cc3ccccc3)C(C(=O)N(CC=C)c3c(C)cccc3Cl)C23S[C@@H]1CC3C. The average Bonchev–Trinajstić information content (AvgIpc) is 3.58. The Balaban J connectivity index is 1.67. The van der Waals surface area contributed by atoms with Gasteiger partial charge in [-0.1, -0.05) is 73.1 Å². The average molecular weight is 622 g/mol. The molecular formula is C34H40ClN3O4S. The molecule has 43 heavy (non-hydrogen) atoms. The molecule has 0 aromatic heterocycles. The minimum atomic E-state index is -0.908. The number of likely N-dealkylation sites (tertiary alicyclic amines) is 1. The van der Waals surface area contributed by atoms with Crippen LogP contribution >= 0.6 is 23.4 Å². The lowest BCUT2D eigenvalue weighted by Crippen LogP contribution is -2.60. The maximum atomic E-state index is 15.1. The van der Waals surface area contributed by atoms with Gasteiger partial charge in [-0.2, -0.15) is 0 Å². The van der Waals surface area contributed by atoms with E-state index in [1.54, 1.807) is 51.7 Å². The summed E-state index contributed by atoms with van der Waals surface area (Å²) in [4.78, 5) is 48.6. The molecule has 3 aliphatic rings. The van der Waals surface area contributed by atoms with Crippen molar-refractivity contribution in [1.29, 1.82) is 0 Å². The lowest BCUT2D eigenvalue weighted by molar-refractivity contribution is -0.145. The van der Waals surface area contributed by atoms with Crippen molar-refractivity contribution >= 4 is 46.8 Å². The number of aryl methyl sites for hydroxylation is 1. The van der Waals surface area contributed by atoms with E-state index in [2.05, 4.69) is 20.1 Å². The number of likely N-dealkylation sites (N-methyl/N-ethyl adjacent to an activating group) is 1. The Morgan fingerprint density at radius 2 is 1.84 bits per heavy atom. The molecule has 3 heterocycles. The fourth-order valence-corrected chi connectivity index (χ4v) is 10.3. The summed E-state index contributed by atoms with van der Waals surface area (Å²) in [6.45, 7) is 11.9. The standard InChI is InChI=1S/C34H40ClN3O4S/c1-6-16-36(5)31(40)27-26-18-22(4)34(43-26)28(27)32(41)38(24(20-39)19-23-13-9-8-10-14-23)30(34)33(42)37(17-7-2)29-21(3)12-11-15-25(29)35/h6-15,22,24,26-28,30,39H,1-2,16-20H2,3-5H3/t22?,24-,26-,27+,28+,30?,34?/m1/s1. The maximum absolute atomic E-state index is 15.1. The van der Waals surface area contributed by atoms with Crippen LogP contribution in [0.15, 0.2) is 73.8 Å². The molecule has 1 N–H and O–H groups in total. The predicted octanol–water partition coefficient (Wildman–Crippen LogP) is 4.75. The molecule has 3 aliphatic heterocycles. The van der Waals surface area contributed by atoms with E-state index in [1.807, 2.05) is 49.4 Å². The monoisotopic (exact) mass is 621 g/mol. The van der Waals surface area contributed by atoms with Gasteiger partial charge >= 0.3 is 0 Å². The van der Waals surface area contributed by atoms with Gasteiger partial charge in [0.25, 0.3) is 5.91 Å². The van der Waals surface area contributed by atoms with Crippen molar-refractivity contribution in [1.82, 2.24) is 9.80 Å². The highest BCUT2D eigenvalue weighted by atomic mass is 35.5. The zero-order valence-corrected chi connectivity index (χ0v) is 26.6. The number of hydrogen-bond donors (Lipinski definition) is 1. The number of aliphatic hydroxyl groups is 1. The molecule has 228 valence electrons. The molecule has 5 rings (SSSR count). The number of benzene rings is 2. The molecular weight excluding hydrogens is 582 g/mol. The van der Waals surface area contributed by atoms with Gasteiger partial charge in [-0.15, -0.1) is 24.9 Å². The molecule has 3 saturated heterocycles. The van der Waals surface area contributed by atoms with Crippen LogP contribution in [0.5, 0.6) is 0 Å². The van der Waals surface area contributed by atoms with Crippen molar-refractivity contribution in [2.45, 2.75) is 48.8 Å². The summed E-state index contributed by atoms with van der Waals surface area (Å²) >= 11 is 8.33. The number of carbonyl (C=O) groups is 3. The topological polar surface area (TPSA) is 81.2 Å². The number of aliphatic hydroxyl groups excluding tert-OH is 1. The summed E-state index contributed by atoms with van der Waals surface area (Å²) < 4.78 is -0.840. The molecule has 2 aromatic rings. The number of thioether (sulfide) groups is 1. The number of halogens is 1. The first-order chi connectivity index (χ1) is 20.6. The Hall–Kier alpha value is -3.07. The number of rotatable bonds is 11. The van der Waals surface area contributed by atoms with Gasteiger partial charge < -0.3 is 19.8 Å². The maximum Gasteiger partial charge on any atom is 0.251 e. The van der Waals surface area contributed by atoms with Crippen molar-refractivity contribution in [3.05, 3.63) is 90.0 Å². The highest BCUT2D eigenvalue weighted by Crippen LogP contribution is 2.69. The van der Waals surface area contributed by atoms with Crippen LogP contribution in [0.3, 0.4) is 0 Å². The quantitative estimate of drug-likeness (QED) is 0.366. The summed E-state index contributed by atoms with van der Waals surface area (Å²) in [7, 11) is 1.73. The predicted molar refractivity (Wildman–Crippen MR) is 173 cm³/mol. The molecule has 3 amide bonds. The van der Waals surface area contributed by atoms with Gasteiger partial charge in [0.2, 0.25) is 11.8 Å². The number of carbonyl (C=O) groups excluding carboxylic acids is 3. The van der Waals surface area contributed by atoms with Crippen LogP contribution in [0.1, 0.15) is 24.5 Å². The summed E-state index contributed by atoms with van der Waals surface area (Å²) in [5, 5.41) is 11.1. The summed E-state index contributed by atoms with van der Waals surface area (Å²) in [6, 6.07) is 13.6. The van der Waals surface area contributed by atoms with E-state index in [0.29, 0.717) is 23.7 Å². The number of fused-ring (bicyclic) bond motifs is 1. The third-order valence-corrected chi connectivity index (χ3v) is 11.8. The minimum Gasteiger partial charge on any atom is -0.394 e. The van der Waals surface area contributed by atoms with Crippen LogP contribution in [-0.2, 0) is 20.8 Å². The zero-order chi connectivity index (χ0) is 31.1. The second-order valence-electron chi connectivity index (χ2n) is 12.0. The van der Waals surface area contributed by atoms with Crippen LogP contribution in [0.25, 0.3) is 0 Å². The number of amides is 3. The fraction of sp³-hybridized carbons (Fsp3) is 0.441. The second-order valence-corrected chi connectivity index (χ2v) is 13.9. The van der Waals surface area contributed by atoms with E-state index in [4.69, 9.17) is 11.6 Å². The fourth-order valence-electron chi connectivity index (χ4n) is 7.62. The van der Waals surface area contributed by atoms with Crippen LogP contribution < -0.4 is 4.90 Å².